The van der Waals surface area contributed by atoms with Crippen molar-refractivity contribution in [2.75, 3.05) is 14.1 Å². The average Bonchev–Trinajstić information content (AvgIpc) is 2.36. The van der Waals surface area contributed by atoms with Gasteiger partial charge in [0.15, 0.2) is 5.78 Å². The zero-order valence-corrected chi connectivity index (χ0v) is 11.9. The van der Waals surface area contributed by atoms with Gasteiger partial charge in [0.05, 0.1) is 0 Å². The summed E-state index contributed by atoms with van der Waals surface area (Å²) in [4.78, 5) is 13.9. The predicted molar refractivity (Wildman–Crippen MR) is 76.5 cm³/mol. The molecule has 1 atom stereocenters. The van der Waals surface area contributed by atoms with Gasteiger partial charge in [0, 0.05) is 12.0 Å². The Balaban J connectivity index is 2.89. The molecule has 1 rings (SSSR count). The molecule has 0 radical (unpaired) electrons. The lowest BCUT2D eigenvalue weighted by Crippen LogP contribution is -2.39. The molecule has 0 bridgehead atoms. The third-order valence-corrected chi connectivity index (χ3v) is 3.70. The Labute approximate surface area is 110 Å². The summed E-state index contributed by atoms with van der Waals surface area (Å²) in [5, 5.41) is 0. The van der Waals surface area contributed by atoms with Crippen molar-refractivity contribution in [3.63, 3.8) is 0 Å². The molecule has 1 unspecified atom stereocenters. The van der Waals surface area contributed by atoms with Gasteiger partial charge in [0.1, 0.15) is 0 Å². The molecule has 2 nitrogen and oxygen atoms in total. The van der Waals surface area contributed by atoms with Crippen LogP contribution in [0.1, 0.15) is 32.3 Å². The number of nitrogens with zero attached hydrogens (tertiary/aromatic N) is 1. The minimum Gasteiger partial charge on any atom is -0.300 e. The fraction of sp³-hybridized carbons (Fsp3) is 0.438. The summed E-state index contributed by atoms with van der Waals surface area (Å²) in [5.74, 6) is 0.152. The molecule has 0 heterocycles. The lowest BCUT2D eigenvalue weighted by Gasteiger charge is -2.37. The van der Waals surface area contributed by atoms with Gasteiger partial charge < -0.3 is 0 Å². The fourth-order valence-corrected chi connectivity index (χ4v) is 1.99. The molecule has 0 aromatic heterocycles. The van der Waals surface area contributed by atoms with Crippen molar-refractivity contribution in [3.05, 3.63) is 48.0 Å². The van der Waals surface area contributed by atoms with E-state index in [-0.39, 0.29) is 11.3 Å². The zero-order valence-electron chi connectivity index (χ0n) is 11.9. The molecule has 0 saturated heterocycles. The van der Waals surface area contributed by atoms with Crippen molar-refractivity contribution >= 4 is 5.78 Å². The summed E-state index contributed by atoms with van der Waals surface area (Å²) >= 11 is 0. The molecule has 1 aromatic rings. The van der Waals surface area contributed by atoms with Crippen molar-refractivity contribution in [1.82, 2.24) is 4.90 Å². The van der Waals surface area contributed by atoms with Gasteiger partial charge >= 0.3 is 0 Å². The van der Waals surface area contributed by atoms with E-state index in [2.05, 4.69) is 44.6 Å². The highest BCUT2D eigenvalue weighted by atomic mass is 16.1. The lowest BCUT2D eigenvalue weighted by molar-refractivity contribution is -0.116. The van der Waals surface area contributed by atoms with Crippen molar-refractivity contribution in [1.29, 1.82) is 0 Å². The van der Waals surface area contributed by atoms with Crippen LogP contribution in [0.4, 0.5) is 0 Å². The van der Waals surface area contributed by atoms with E-state index < -0.39 is 0 Å². The predicted octanol–water partition coefficient (Wildman–Crippen LogP) is 3.39. The van der Waals surface area contributed by atoms with E-state index in [1.54, 1.807) is 6.92 Å². The molecule has 0 saturated carbocycles. The van der Waals surface area contributed by atoms with Crippen LogP contribution in [0, 0.1) is 0 Å². The Morgan fingerprint density at radius 1 is 1.28 bits per heavy atom. The Kier molecular flexibility index (Phi) is 4.85. The van der Waals surface area contributed by atoms with Gasteiger partial charge in [-0.25, -0.2) is 0 Å². The van der Waals surface area contributed by atoms with Crippen LogP contribution < -0.4 is 0 Å². The highest BCUT2D eigenvalue weighted by Gasteiger charge is 2.29. The van der Waals surface area contributed by atoms with Crippen molar-refractivity contribution in [2.24, 2.45) is 0 Å². The Morgan fingerprint density at radius 3 is 2.28 bits per heavy atom. The zero-order chi connectivity index (χ0) is 13.8. The highest BCUT2D eigenvalue weighted by molar-refractivity contribution is 5.94. The maximum atomic E-state index is 11.7. The largest absolute Gasteiger partial charge is 0.300 e. The number of hydrogen-bond donors (Lipinski definition) is 0. The third-order valence-electron chi connectivity index (χ3n) is 3.70. The molecule has 0 amide bonds. The summed E-state index contributed by atoms with van der Waals surface area (Å²) in [6.45, 7) is 7.66. The first-order valence-corrected chi connectivity index (χ1v) is 6.29. The van der Waals surface area contributed by atoms with Gasteiger partial charge in [0.2, 0.25) is 0 Å². The fourth-order valence-electron chi connectivity index (χ4n) is 1.99. The number of carbonyl (C=O) groups excluding carboxylic acids is 1. The van der Waals surface area contributed by atoms with Crippen LogP contribution in [-0.4, -0.2) is 24.8 Å². The van der Waals surface area contributed by atoms with Gasteiger partial charge in [0.25, 0.3) is 0 Å². The maximum absolute atomic E-state index is 11.7. The molecule has 0 aliphatic carbocycles. The first kappa shape index (κ1) is 14.7. The van der Waals surface area contributed by atoms with Crippen molar-refractivity contribution < 1.29 is 4.79 Å². The van der Waals surface area contributed by atoms with Crippen LogP contribution in [-0.2, 0) is 10.3 Å². The van der Waals surface area contributed by atoms with Crippen LogP contribution in [0.15, 0.2) is 42.5 Å². The number of carbonyl (C=O) groups is 1. The summed E-state index contributed by atoms with van der Waals surface area (Å²) in [6, 6.07) is 10.3. The van der Waals surface area contributed by atoms with Crippen LogP contribution >= 0.6 is 0 Å². The van der Waals surface area contributed by atoms with Gasteiger partial charge in [-0.3, -0.25) is 9.69 Å². The van der Waals surface area contributed by atoms with E-state index in [9.17, 15) is 4.79 Å². The molecule has 98 valence electrons. The standard InChI is InChI=1S/C16H23NO/c1-13(2)15(18)11-12-16(3,17(4)5)14-9-7-6-8-10-14/h6-10H,1,11-12H2,2-5H3. The molecule has 1 aromatic carbocycles. The van der Waals surface area contributed by atoms with Crippen molar-refractivity contribution in [3.8, 4) is 0 Å². The Hall–Kier alpha value is -1.41. The second kappa shape index (κ2) is 5.96. The quantitative estimate of drug-likeness (QED) is 0.716. The van der Waals surface area contributed by atoms with E-state index in [1.165, 1.54) is 5.56 Å². The van der Waals surface area contributed by atoms with E-state index in [4.69, 9.17) is 0 Å². The van der Waals surface area contributed by atoms with Gasteiger partial charge in [-0.15, -0.1) is 0 Å². The molecular formula is C16H23NO. The van der Waals surface area contributed by atoms with Crippen LogP contribution in [0.2, 0.25) is 0 Å². The Bertz CT molecular complexity index is 422. The number of hydrogen-bond acceptors (Lipinski definition) is 2. The van der Waals surface area contributed by atoms with E-state index in [1.807, 2.05) is 18.2 Å². The lowest BCUT2D eigenvalue weighted by atomic mass is 9.85. The topological polar surface area (TPSA) is 20.3 Å². The minimum absolute atomic E-state index is 0.119. The highest BCUT2D eigenvalue weighted by Crippen LogP contribution is 2.31. The smallest absolute Gasteiger partial charge is 0.158 e. The summed E-state index contributed by atoms with van der Waals surface area (Å²) in [6.07, 6.45) is 1.34. The third kappa shape index (κ3) is 3.30. The van der Waals surface area contributed by atoms with E-state index >= 15 is 0 Å². The number of Topliss-reactive ketones (excluding diaryl/α,β-unsaturated/α-hetero) is 1. The van der Waals surface area contributed by atoms with Crippen LogP contribution in [0.5, 0.6) is 0 Å². The molecule has 2 heteroatoms. The SMILES string of the molecule is C=C(C)C(=O)CCC(C)(c1ccccc1)N(C)C. The normalized spacial score (nSPS) is 14.3. The number of benzene rings is 1. The van der Waals surface area contributed by atoms with E-state index in [0.717, 1.165) is 6.42 Å². The molecular weight excluding hydrogens is 222 g/mol. The van der Waals surface area contributed by atoms with Gasteiger partial charge in [-0.05, 0) is 45.5 Å². The Morgan fingerprint density at radius 2 is 1.83 bits per heavy atom. The van der Waals surface area contributed by atoms with Gasteiger partial charge in [-0.1, -0.05) is 36.9 Å². The molecule has 0 aliphatic rings. The summed E-state index contributed by atoms with van der Waals surface area (Å²) < 4.78 is 0. The second-order valence-electron chi connectivity index (χ2n) is 5.24. The molecule has 0 aliphatic heterocycles. The first-order chi connectivity index (χ1) is 8.38. The van der Waals surface area contributed by atoms with Gasteiger partial charge in [-0.2, -0.15) is 0 Å². The molecule has 18 heavy (non-hydrogen) atoms. The van der Waals surface area contributed by atoms with Crippen LogP contribution in [0.25, 0.3) is 0 Å². The first-order valence-electron chi connectivity index (χ1n) is 6.29. The minimum atomic E-state index is -0.119. The molecule has 0 spiro atoms. The summed E-state index contributed by atoms with van der Waals surface area (Å²) in [7, 11) is 4.11. The van der Waals surface area contributed by atoms with Crippen LogP contribution in [0.3, 0.4) is 0 Å². The van der Waals surface area contributed by atoms with Crippen molar-refractivity contribution in [2.45, 2.75) is 32.2 Å². The van der Waals surface area contributed by atoms with E-state index in [0.29, 0.717) is 12.0 Å². The number of allylic oxidation sites excluding steroid dienone is 1. The molecule has 0 fully saturated rings. The number of ketones is 1. The summed E-state index contributed by atoms with van der Waals surface area (Å²) in [5.41, 5.74) is 1.76. The monoisotopic (exact) mass is 245 g/mol. The maximum Gasteiger partial charge on any atom is 0.158 e. The number of rotatable bonds is 6. The second-order valence-corrected chi connectivity index (χ2v) is 5.24. The molecule has 0 N–H and O–H groups in total. The average molecular weight is 245 g/mol.